The van der Waals surface area contributed by atoms with Gasteiger partial charge < -0.3 is 20.1 Å². The zero-order chi connectivity index (χ0) is 13.9. The molecule has 0 aromatic heterocycles. The van der Waals surface area contributed by atoms with Crippen LogP contribution >= 0.6 is 0 Å². The Kier molecular flexibility index (Phi) is 4.32. The number of hydrogen-bond donors (Lipinski definition) is 1. The van der Waals surface area contributed by atoms with Crippen molar-refractivity contribution in [2.24, 2.45) is 5.73 Å². The van der Waals surface area contributed by atoms with Crippen LogP contribution in [0.3, 0.4) is 0 Å². The maximum Gasteiger partial charge on any atom is 0.122 e. The maximum absolute atomic E-state index is 6.12. The van der Waals surface area contributed by atoms with E-state index in [1.807, 2.05) is 12.1 Å². The Labute approximate surface area is 115 Å². The van der Waals surface area contributed by atoms with E-state index in [1.165, 1.54) is 5.56 Å². The fourth-order valence-electron chi connectivity index (χ4n) is 2.86. The molecule has 1 aliphatic rings. The van der Waals surface area contributed by atoms with E-state index in [0.717, 1.165) is 37.4 Å². The summed E-state index contributed by atoms with van der Waals surface area (Å²) in [7, 11) is 5.56. The van der Waals surface area contributed by atoms with Gasteiger partial charge in [-0.1, -0.05) is 0 Å². The topological polar surface area (TPSA) is 47.7 Å². The van der Waals surface area contributed by atoms with Crippen molar-refractivity contribution in [2.75, 3.05) is 40.9 Å². The summed E-state index contributed by atoms with van der Waals surface area (Å²) in [6, 6.07) is 5.99. The molecule has 2 N–H and O–H groups in total. The van der Waals surface area contributed by atoms with Gasteiger partial charge in [-0.05, 0) is 51.2 Å². The van der Waals surface area contributed by atoms with Gasteiger partial charge in [0.25, 0.3) is 0 Å². The lowest BCUT2D eigenvalue weighted by Gasteiger charge is -2.41. The summed E-state index contributed by atoms with van der Waals surface area (Å²) in [6.45, 7) is 2.78. The molecule has 0 aliphatic carbocycles. The van der Waals surface area contributed by atoms with Crippen LogP contribution in [0.5, 0.6) is 11.5 Å². The zero-order valence-electron chi connectivity index (χ0n) is 12.1. The summed E-state index contributed by atoms with van der Waals surface area (Å²) >= 11 is 0. The molecule has 1 aliphatic heterocycles. The Morgan fingerprint density at radius 2 is 1.89 bits per heavy atom. The first-order valence-corrected chi connectivity index (χ1v) is 6.76. The van der Waals surface area contributed by atoms with Crippen LogP contribution in [0.2, 0.25) is 0 Å². The first-order valence-electron chi connectivity index (χ1n) is 6.76. The summed E-state index contributed by atoms with van der Waals surface area (Å²) in [5, 5.41) is 0. The van der Waals surface area contributed by atoms with Crippen LogP contribution < -0.4 is 15.2 Å². The normalized spacial score (nSPS) is 19.2. The van der Waals surface area contributed by atoms with Crippen LogP contribution in [0.4, 0.5) is 0 Å². The molecule has 2 rings (SSSR count). The van der Waals surface area contributed by atoms with E-state index in [9.17, 15) is 0 Å². The second-order valence-corrected chi connectivity index (χ2v) is 5.35. The summed E-state index contributed by atoms with van der Waals surface area (Å²) in [6.07, 6.45) is 2.12. The molecule has 1 heterocycles. The highest BCUT2D eigenvalue weighted by Gasteiger charge is 2.36. The standard InChI is InChI=1S/C15H24N2O2/c1-17-8-6-15(11-16,7-9-17)13-10-12(18-2)4-5-14(13)19-3/h4-5,10H,6-9,11,16H2,1-3H3. The Morgan fingerprint density at radius 3 is 2.42 bits per heavy atom. The molecule has 0 saturated carbocycles. The van der Waals surface area contributed by atoms with Gasteiger partial charge in [0.05, 0.1) is 14.2 Å². The highest BCUT2D eigenvalue weighted by atomic mass is 16.5. The largest absolute Gasteiger partial charge is 0.497 e. The lowest BCUT2D eigenvalue weighted by atomic mass is 9.72. The predicted octanol–water partition coefficient (Wildman–Crippen LogP) is 1.63. The van der Waals surface area contributed by atoms with Gasteiger partial charge in [0.2, 0.25) is 0 Å². The van der Waals surface area contributed by atoms with Crippen molar-refractivity contribution in [3.63, 3.8) is 0 Å². The number of rotatable bonds is 4. The van der Waals surface area contributed by atoms with E-state index in [0.29, 0.717) is 6.54 Å². The van der Waals surface area contributed by atoms with Crippen molar-refractivity contribution in [2.45, 2.75) is 18.3 Å². The molecule has 4 heteroatoms. The first kappa shape index (κ1) is 14.2. The molecule has 0 bridgehead atoms. The predicted molar refractivity (Wildman–Crippen MR) is 77.0 cm³/mol. The van der Waals surface area contributed by atoms with Gasteiger partial charge in [-0.3, -0.25) is 0 Å². The van der Waals surface area contributed by atoms with Gasteiger partial charge in [-0.25, -0.2) is 0 Å². The number of benzene rings is 1. The van der Waals surface area contributed by atoms with Gasteiger partial charge >= 0.3 is 0 Å². The minimum atomic E-state index is 0.00634. The molecule has 1 aromatic carbocycles. The third-order valence-electron chi connectivity index (χ3n) is 4.31. The molecular formula is C15H24N2O2. The number of piperidine rings is 1. The van der Waals surface area contributed by atoms with Gasteiger partial charge in [0.1, 0.15) is 11.5 Å². The molecule has 1 fully saturated rings. The number of nitrogens with two attached hydrogens (primary N) is 1. The summed E-state index contributed by atoms with van der Waals surface area (Å²) in [4.78, 5) is 2.35. The molecule has 106 valence electrons. The van der Waals surface area contributed by atoms with E-state index in [1.54, 1.807) is 14.2 Å². The fourth-order valence-corrected chi connectivity index (χ4v) is 2.86. The van der Waals surface area contributed by atoms with E-state index in [4.69, 9.17) is 15.2 Å². The molecule has 1 saturated heterocycles. The first-order chi connectivity index (χ1) is 9.15. The van der Waals surface area contributed by atoms with Gasteiger partial charge in [-0.15, -0.1) is 0 Å². The van der Waals surface area contributed by atoms with Crippen LogP contribution in [0, 0.1) is 0 Å². The third kappa shape index (κ3) is 2.69. The molecule has 0 spiro atoms. The third-order valence-corrected chi connectivity index (χ3v) is 4.31. The summed E-state index contributed by atoms with van der Waals surface area (Å²) in [5.41, 5.74) is 7.31. The minimum absolute atomic E-state index is 0.00634. The number of methoxy groups -OCH3 is 2. The van der Waals surface area contributed by atoms with E-state index in [-0.39, 0.29) is 5.41 Å². The quantitative estimate of drug-likeness (QED) is 0.898. The van der Waals surface area contributed by atoms with Crippen molar-refractivity contribution < 1.29 is 9.47 Å². The van der Waals surface area contributed by atoms with E-state index >= 15 is 0 Å². The Bertz CT molecular complexity index is 426. The van der Waals surface area contributed by atoms with Crippen LogP contribution in [0.1, 0.15) is 18.4 Å². The minimum Gasteiger partial charge on any atom is -0.497 e. The second-order valence-electron chi connectivity index (χ2n) is 5.35. The van der Waals surface area contributed by atoms with E-state index in [2.05, 4.69) is 18.0 Å². The van der Waals surface area contributed by atoms with Crippen LogP contribution in [0.25, 0.3) is 0 Å². The Hall–Kier alpha value is -1.26. The fraction of sp³-hybridized carbons (Fsp3) is 0.600. The molecule has 4 nitrogen and oxygen atoms in total. The number of hydrogen-bond acceptors (Lipinski definition) is 4. The van der Waals surface area contributed by atoms with Crippen molar-refractivity contribution in [3.05, 3.63) is 23.8 Å². The van der Waals surface area contributed by atoms with E-state index < -0.39 is 0 Å². The molecule has 19 heavy (non-hydrogen) atoms. The van der Waals surface area contributed by atoms with Crippen LogP contribution in [-0.2, 0) is 5.41 Å². The molecule has 0 radical (unpaired) electrons. The smallest absolute Gasteiger partial charge is 0.122 e. The average Bonchev–Trinajstić information content (AvgIpc) is 2.48. The van der Waals surface area contributed by atoms with Crippen molar-refractivity contribution in [1.82, 2.24) is 4.90 Å². The number of likely N-dealkylation sites (tertiary alicyclic amines) is 1. The van der Waals surface area contributed by atoms with Crippen molar-refractivity contribution in [1.29, 1.82) is 0 Å². The highest BCUT2D eigenvalue weighted by molar-refractivity contribution is 5.45. The SMILES string of the molecule is COc1ccc(OC)c(C2(CN)CCN(C)CC2)c1. The van der Waals surface area contributed by atoms with Crippen LogP contribution in [0.15, 0.2) is 18.2 Å². The molecule has 0 unspecified atom stereocenters. The summed E-state index contributed by atoms with van der Waals surface area (Å²) in [5.74, 6) is 1.78. The van der Waals surface area contributed by atoms with Crippen LogP contribution in [-0.4, -0.2) is 45.8 Å². The maximum atomic E-state index is 6.12. The second kappa shape index (κ2) is 5.80. The molecule has 0 amide bonds. The van der Waals surface area contributed by atoms with Crippen molar-refractivity contribution >= 4 is 0 Å². The Morgan fingerprint density at radius 1 is 1.21 bits per heavy atom. The lowest BCUT2D eigenvalue weighted by Crippen LogP contribution is -2.45. The molecule has 0 atom stereocenters. The summed E-state index contributed by atoms with van der Waals surface area (Å²) < 4.78 is 10.9. The zero-order valence-corrected chi connectivity index (χ0v) is 12.1. The average molecular weight is 264 g/mol. The number of nitrogens with zero attached hydrogens (tertiary/aromatic N) is 1. The molecule has 1 aromatic rings. The Balaban J connectivity index is 2.41. The number of ether oxygens (including phenoxy) is 2. The monoisotopic (exact) mass is 264 g/mol. The van der Waals surface area contributed by atoms with Gasteiger partial charge in [0.15, 0.2) is 0 Å². The van der Waals surface area contributed by atoms with Gasteiger partial charge in [0, 0.05) is 17.5 Å². The van der Waals surface area contributed by atoms with Crippen molar-refractivity contribution in [3.8, 4) is 11.5 Å². The highest BCUT2D eigenvalue weighted by Crippen LogP contribution is 2.41. The van der Waals surface area contributed by atoms with Gasteiger partial charge in [-0.2, -0.15) is 0 Å². The lowest BCUT2D eigenvalue weighted by molar-refractivity contribution is 0.188. The molecular weight excluding hydrogens is 240 g/mol.